The molecule has 7 heteroatoms. The Labute approximate surface area is 147 Å². The molecule has 0 unspecified atom stereocenters. The van der Waals surface area contributed by atoms with E-state index in [9.17, 15) is 8.42 Å². The predicted octanol–water partition coefficient (Wildman–Crippen LogP) is 1.94. The summed E-state index contributed by atoms with van der Waals surface area (Å²) in [6, 6.07) is 0.292. The molecule has 1 heterocycles. The third-order valence-corrected chi connectivity index (χ3v) is 7.44. The van der Waals surface area contributed by atoms with Crippen molar-refractivity contribution >= 4 is 16.0 Å². The minimum atomic E-state index is -3.06. The maximum absolute atomic E-state index is 12.1. The van der Waals surface area contributed by atoms with Crippen molar-refractivity contribution in [2.75, 3.05) is 32.4 Å². The molecule has 1 aliphatic carbocycles. The van der Waals surface area contributed by atoms with Gasteiger partial charge in [-0.3, -0.25) is 4.99 Å². The van der Waals surface area contributed by atoms with E-state index in [0.29, 0.717) is 31.0 Å². The molecule has 1 aliphatic heterocycles. The third-order valence-electron chi connectivity index (χ3n) is 5.37. The van der Waals surface area contributed by atoms with Crippen LogP contribution in [-0.4, -0.2) is 57.2 Å². The van der Waals surface area contributed by atoms with Gasteiger partial charge in [0.05, 0.1) is 5.75 Å². The van der Waals surface area contributed by atoms with Crippen LogP contribution in [0, 0.1) is 5.41 Å². The number of nitrogens with zero attached hydrogens (tertiary/aromatic N) is 2. The van der Waals surface area contributed by atoms with Crippen LogP contribution in [0.1, 0.15) is 58.8 Å². The number of aliphatic imine (C=N–C) groups is 1. The van der Waals surface area contributed by atoms with Gasteiger partial charge < -0.3 is 10.6 Å². The average Bonchev–Trinajstić information content (AvgIpc) is 2.99. The lowest BCUT2D eigenvalue weighted by atomic mass is 9.89. The normalized spacial score (nSPS) is 23.4. The van der Waals surface area contributed by atoms with E-state index in [0.717, 1.165) is 25.3 Å². The molecule has 2 rings (SSSR count). The highest BCUT2D eigenvalue weighted by Crippen LogP contribution is 2.36. The van der Waals surface area contributed by atoms with Crippen molar-refractivity contribution in [1.29, 1.82) is 0 Å². The molecule has 2 aliphatic rings. The summed E-state index contributed by atoms with van der Waals surface area (Å²) in [4.78, 5) is 4.33. The van der Waals surface area contributed by atoms with Gasteiger partial charge in [-0.2, -0.15) is 0 Å². The minimum Gasteiger partial charge on any atom is -0.356 e. The van der Waals surface area contributed by atoms with Crippen LogP contribution < -0.4 is 10.6 Å². The van der Waals surface area contributed by atoms with E-state index >= 15 is 0 Å². The Morgan fingerprint density at radius 1 is 1.25 bits per heavy atom. The first kappa shape index (κ1) is 19.5. The maximum Gasteiger partial charge on any atom is 0.214 e. The number of guanidine groups is 1. The molecule has 24 heavy (non-hydrogen) atoms. The summed E-state index contributed by atoms with van der Waals surface area (Å²) < 4.78 is 25.9. The van der Waals surface area contributed by atoms with Gasteiger partial charge in [0.25, 0.3) is 0 Å². The topological polar surface area (TPSA) is 73.8 Å². The van der Waals surface area contributed by atoms with Gasteiger partial charge in [-0.05, 0) is 37.5 Å². The molecule has 6 nitrogen and oxygen atoms in total. The SMILES string of the molecule is CCCS(=O)(=O)N1CCC(NC(=NC)NCC2(C)CCCC2)CC1. The summed E-state index contributed by atoms with van der Waals surface area (Å²) in [5, 5.41) is 6.94. The lowest BCUT2D eigenvalue weighted by Crippen LogP contribution is -2.51. The minimum absolute atomic E-state index is 0.257. The first-order valence-electron chi connectivity index (χ1n) is 9.33. The van der Waals surface area contributed by atoms with Crippen LogP contribution in [-0.2, 0) is 10.0 Å². The van der Waals surface area contributed by atoms with E-state index < -0.39 is 10.0 Å². The number of rotatable bonds is 6. The van der Waals surface area contributed by atoms with E-state index in [1.54, 1.807) is 11.4 Å². The fraction of sp³-hybridized carbons (Fsp3) is 0.941. The number of nitrogens with one attached hydrogen (secondary N) is 2. The third kappa shape index (κ3) is 5.34. The van der Waals surface area contributed by atoms with Gasteiger partial charge >= 0.3 is 0 Å². The molecule has 0 spiro atoms. The Morgan fingerprint density at radius 2 is 1.88 bits per heavy atom. The van der Waals surface area contributed by atoms with Crippen molar-refractivity contribution < 1.29 is 8.42 Å². The van der Waals surface area contributed by atoms with Crippen molar-refractivity contribution in [3.8, 4) is 0 Å². The van der Waals surface area contributed by atoms with Crippen molar-refractivity contribution in [2.45, 2.75) is 64.8 Å². The average molecular weight is 359 g/mol. The Kier molecular flexibility index (Phi) is 6.92. The van der Waals surface area contributed by atoms with Gasteiger partial charge in [-0.15, -0.1) is 0 Å². The van der Waals surface area contributed by atoms with Crippen LogP contribution >= 0.6 is 0 Å². The standard InChI is InChI=1S/C17H34N4O2S/c1-4-13-24(22,23)21-11-7-15(8-12-21)20-16(18-3)19-14-17(2)9-5-6-10-17/h15H,4-14H2,1-3H3,(H2,18,19,20). The Balaban J connectivity index is 1.77. The quantitative estimate of drug-likeness (QED) is 0.562. The van der Waals surface area contributed by atoms with Gasteiger partial charge in [-0.25, -0.2) is 12.7 Å². The van der Waals surface area contributed by atoms with Crippen molar-refractivity contribution in [3.05, 3.63) is 0 Å². The molecule has 140 valence electrons. The highest BCUT2D eigenvalue weighted by atomic mass is 32.2. The molecular weight excluding hydrogens is 324 g/mol. The second-order valence-corrected chi connectivity index (χ2v) is 9.67. The van der Waals surface area contributed by atoms with Crippen LogP contribution in [0.2, 0.25) is 0 Å². The summed E-state index contributed by atoms with van der Waals surface area (Å²) in [6.07, 6.45) is 7.57. The molecule has 1 saturated heterocycles. The van der Waals surface area contributed by atoms with Crippen LogP contribution in [0.3, 0.4) is 0 Å². The summed E-state index contributed by atoms with van der Waals surface area (Å²) in [6.45, 7) is 6.42. The zero-order chi connectivity index (χ0) is 17.6. The largest absolute Gasteiger partial charge is 0.356 e. The molecule has 0 amide bonds. The molecule has 0 atom stereocenters. The van der Waals surface area contributed by atoms with E-state index in [1.807, 2.05) is 6.92 Å². The summed E-state index contributed by atoms with van der Waals surface area (Å²) in [5.41, 5.74) is 0.384. The molecule has 1 saturated carbocycles. The molecule has 2 fully saturated rings. The van der Waals surface area contributed by atoms with Gasteiger partial charge in [0.1, 0.15) is 0 Å². The number of sulfonamides is 1. The molecule has 0 aromatic carbocycles. The second kappa shape index (κ2) is 8.52. The molecule has 0 bridgehead atoms. The van der Waals surface area contributed by atoms with Gasteiger partial charge in [0.15, 0.2) is 5.96 Å². The zero-order valence-electron chi connectivity index (χ0n) is 15.5. The highest BCUT2D eigenvalue weighted by molar-refractivity contribution is 7.89. The van der Waals surface area contributed by atoms with Crippen molar-refractivity contribution in [3.63, 3.8) is 0 Å². The molecule has 2 N–H and O–H groups in total. The fourth-order valence-electron chi connectivity index (χ4n) is 3.76. The smallest absolute Gasteiger partial charge is 0.214 e. The first-order chi connectivity index (χ1) is 11.4. The number of hydrogen-bond acceptors (Lipinski definition) is 3. The second-order valence-electron chi connectivity index (χ2n) is 7.58. The highest BCUT2D eigenvalue weighted by Gasteiger charge is 2.30. The summed E-state index contributed by atoms with van der Waals surface area (Å²) in [7, 11) is -1.26. The Hall–Kier alpha value is -0.820. The van der Waals surface area contributed by atoms with Crippen LogP contribution in [0.15, 0.2) is 4.99 Å². The van der Waals surface area contributed by atoms with Crippen molar-refractivity contribution in [2.24, 2.45) is 10.4 Å². The fourth-order valence-corrected chi connectivity index (χ4v) is 5.30. The zero-order valence-corrected chi connectivity index (χ0v) is 16.3. The lowest BCUT2D eigenvalue weighted by Gasteiger charge is -2.33. The Bertz CT molecular complexity index is 519. The monoisotopic (exact) mass is 358 g/mol. The van der Waals surface area contributed by atoms with E-state index in [2.05, 4.69) is 22.5 Å². The van der Waals surface area contributed by atoms with Crippen LogP contribution in [0.25, 0.3) is 0 Å². The van der Waals surface area contributed by atoms with Gasteiger partial charge in [0, 0.05) is 32.7 Å². The molecule has 0 aromatic heterocycles. The molecule has 0 aromatic rings. The molecule has 0 radical (unpaired) electrons. The van der Waals surface area contributed by atoms with Crippen molar-refractivity contribution in [1.82, 2.24) is 14.9 Å². The van der Waals surface area contributed by atoms with Crippen LogP contribution in [0.5, 0.6) is 0 Å². The predicted molar refractivity (Wildman–Crippen MR) is 99.7 cm³/mol. The maximum atomic E-state index is 12.1. The van der Waals surface area contributed by atoms with Gasteiger partial charge in [-0.1, -0.05) is 26.7 Å². The first-order valence-corrected chi connectivity index (χ1v) is 10.9. The summed E-state index contributed by atoms with van der Waals surface area (Å²) >= 11 is 0. The number of piperidine rings is 1. The summed E-state index contributed by atoms with van der Waals surface area (Å²) in [5.74, 6) is 1.10. The van der Waals surface area contributed by atoms with E-state index in [-0.39, 0.29) is 5.75 Å². The Morgan fingerprint density at radius 3 is 2.42 bits per heavy atom. The van der Waals surface area contributed by atoms with E-state index in [4.69, 9.17) is 0 Å². The lowest BCUT2D eigenvalue weighted by molar-refractivity contribution is 0.302. The molecular formula is C17H34N4O2S. The van der Waals surface area contributed by atoms with Gasteiger partial charge in [0.2, 0.25) is 10.0 Å². The van der Waals surface area contributed by atoms with Crippen LogP contribution in [0.4, 0.5) is 0 Å². The number of hydrogen-bond donors (Lipinski definition) is 2. The van der Waals surface area contributed by atoms with E-state index in [1.165, 1.54) is 25.7 Å².